The smallest absolute Gasteiger partial charge is 0.140 e. The predicted octanol–water partition coefficient (Wildman–Crippen LogP) is 2.82. The highest BCUT2D eigenvalue weighted by atomic mass is 16.4. The van der Waals surface area contributed by atoms with Gasteiger partial charge in [-0.3, -0.25) is 0 Å². The van der Waals surface area contributed by atoms with Crippen LogP contribution in [0.4, 0.5) is 5.69 Å². The summed E-state index contributed by atoms with van der Waals surface area (Å²) in [4.78, 5) is 2.33. The van der Waals surface area contributed by atoms with Crippen LogP contribution in [0.1, 0.15) is 33.1 Å². The lowest BCUT2D eigenvalue weighted by Crippen LogP contribution is -2.37. The Morgan fingerprint density at radius 1 is 1.28 bits per heavy atom. The van der Waals surface area contributed by atoms with Crippen LogP contribution in [-0.2, 0) is 0 Å². The lowest BCUT2D eigenvalue weighted by atomic mass is 10.1. The normalized spacial score (nSPS) is 11.8. The summed E-state index contributed by atoms with van der Waals surface area (Å²) in [5, 5.41) is 11.6. The van der Waals surface area contributed by atoms with Crippen LogP contribution < -0.4 is 10.6 Å². The molecule has 0 radical (unpaired) electrons. The summed E-state index contributed by atoms with van der Waals surface area (Å²) < 4.78 is 0. The number of hydrogen-bond acceptors (Lipinski definition) is 3. The minimum Gasteiger partial charge on any atom is -0.409 e. The van der Waals surface area contributed by atoms with Crippen molar-refractivity contribution in [3.8, 4) is 0 Å². The topological polar surface area (TPSA) is 61.8 Å². The second-order valence-electron chi connectivity index (χ2n) is 4.34. The van der Waals surface area contributed by atoms with Crippen molar-refractivity contribution in [2.45, 2.75) is 39.2 Å². The number of para-hydroxylation sites is 1. The fourth-order valence-corrected chi connectivity index (χ4v) is 2.16. The molecule has 0 aliphatic carbocycles. The van der Waals surface area contributed by atoms with Crippen molar-refractivity contribution in [1.82, 2.24) is 0 Å². The number of nitrogens with two attached hydrogens (primary N) is 1. The second-order valence-corrected chi connectivity index (χ2v) is 4.34. The molecule has 18 heavy (non-hydrogen) atoms. The molecular weight excluding hydrogens is 226 g/mol. The lowest BCUT2D eigenvalue weighted by Gasteiger charge is -2.32. The minimum atomic E-state index is 0.280. The maximum atomic E-state index is 8.62. The van der Waals surface area contributed by atoms with Gasteiger partial charge in [-0.05, 0) is 25.0 Å². The summed E-state index contributed by atoms with van der Waals surface area (Å²) >= 11 is 0. The monoisotopic (exact) mass is 249 g/mol. The van der Waals surface area contributed by atoms with E-state index in [1.165, 1.54) is 5.69 Å². The largest absolute Gasteiger partial charge is 0.409 e. The summed E-state index contributed by atoms with van der Waals surface area (Å²) in [6.45, 7) is 5.15. The summed E-state index contributed by atoms with van der Waals surface area (Å²) in [5.41, 5.74) is 6.75. The number of benzene rings is 1. The van der Waals surface area contributed by atoms with E-state index in [0.29, 0.717) is 12.5 Å². The van der Waals surface area contributed by atoms with E-state index in [4.69, 9.17) is 10.9 Å². The quantitative estimate of drug-likeness (QED) is 0.338. The fourth-order valence-electron chi connectivity index (χ4n) is 2.16. The van der Waals surface area contributed by atoms with Crippen LogP contribution in [0.5, 0.6) is 0 Å². The molecule has 100 valence electrons. The van der Waals surface area contributed by atoms with Crippen molar-refractivity contribution >= 4 is 11.5 Å². The highest BCUT2D eigenvalue weighted by Crippen LogP contribution is 2.20. The molecule has 0 atom stereocenters. The molecule has 0 fully saturated rings. The Kier molecular flexibility index (Phi) is 6.05. The average molecular weight is 249 g/mol. The van der Waals surface area contributed by atoms with E-state index in [-0.39, 0.29) is 5.84 Å². The molecule has 0 aliphatic rings. The number of rotatable bonds is 7. The molecule has 0 amide bonds. The van der Waals surface area contributed by atoms with Gasteiger partial charge in [0.05, 0.1) is 0 Å². The summed E-state index contributed by atoms with van der Waals surface area (Å²) in [6.07, 6.45) is 2.74. The first kappa shape index (κ1) is 14.4. The van der Waals surface area contributed by atoms with E-state index < -0.39 is 0 Å². The predicted molar refractivity (Wildman–Crippen MR) is 76.2 cm³/mol. The van der Waals surface area contributed by atoms with E-state index in [1.807, 2.05) is 18.2 Å². The van der Waals surface area contributed by atoms with E-state index >= 15 is 0 Å². The Balaban J connectivity index is 2.82. The second kappa shape index (κ2) is 7.58. The molecule has 0 spiro atoms. The first-order chi connectivity index (χ1) is 8.72. The summed E-state index contributed by atoms with van der Waals surface area (Å²) in [7, 11) is 0. The van der Waals surface area contributed by atoms with Gasteiger partial charge in [0.25, 0.3) is 0 Å². The molecule has 3 N–H and O–H groups in total. The molecule has 0 saturated carbocycles. The van der Waals surface area contributed by atoms with Crippen molar-refractivity contribution in [2.24, 2.45) is 10.9 Å². The van der Waals surface area contributed by atoms with Crippen LogP contribution in [-0.4, -0.2) is 23.6 Å². The van der Waals surface area contributed by atoms with Gasteiger partial charge >= 0.3 is 0 Å². The van der Waals surface area contributed by atoms with Crippen molar-refractivity contribution in [2.75, 3.05) is 11.4 Å². The number of amidine groups is 1. The molecule has 0 heterocycles. The van der Waals surface area contributed by atoms with Crippen molar-refractivity contribution in [3.63, 3.8) is 0 Å². The first-order valence-electron chi connectivity index (χ1n) is 6.51. The summed E-state index contributed by atoms with van der Waals surface area (Å²) in [6, 6.07) is 10.8. The van der Waals surface area contributed by atoms with Gasteiger partial charge in [-0.25, -0.2) is 0 Å². The molecular formula is C14H23N3O. The lowest BCUT2D eigenvalue weighted by molar-refractivity contribution is 0.317. The molecule has 0 aliphatic heterocycles. The first-order valence-corrected chi connectivity index (χ1v) is 6.51. The number of nitrogens with zero attached hydrogens (tertiary/aromatic N) is 2. The minimum absolute atomic E-state index is 0.280. The van der Waals surface area contributed by atoms with Gasteiger partial charge in [0.2, 0.25) is 0 Å². The van der Waals surface area contributed by atoms with Crippen LogP contribution >= 0.6 is 0 Å². The zero-order chi connectivity index (χ0) is 13.4. The maximum absolute atomic E-state index is 8.62. The molecule has 0 aromatic heterocycles. The Bertz CT molecular complexity index is 361. The van der Waals surface area contributed by atoms with Gasteiger partial charge in [-0.15, -0.1) is 0 Å². The average Bonchev–Trinajstić information content (AvgIpc) is 2.44. The van der Waals surface area contributed by atoms with Gasteiger partial charge in [-0.1, -0.05) is 37.2 Å². The SMILES string of the molecule is CCC(CC)N(CCC(N)=NO)c1ccccc1. The van der Waals surface area contributed by atoms with Gasteiger partial charge in [0.1, 0.15) is 5.84 Å². The molecule has 4 nitrogen and oxygen atoms in total. The highest BCUT2D eigenvalue weighted by molar-refractivity contribution is 5.80. The van der Waals surface area contributed by atoms with Gasteiger partial charge in [-0.2, -0.15) is 0 Å². The third kappa shape index (κ3) is 3.95. The van der Waals surface area contributed by atoms with E-state index in [1.54, 1.807) is 0 Å². The van der Waals surface area contributed by atoms with E-state index in [2.05, 4.69) is 36.0 Å². The Morgan fingerprint density at radius 2 is 1.89 bits per heavy atom. The Hall–Kier alpha value is -1.71. The fraction of sp³-hybridized carbons (Fsp3) is 0.500. The van der Waals surface area contributed by atoms with Crippen LogP contribution in [0.3, 0.4) is 0 Å². The zero-order valence-electron chi connectivity index (χ0n) is 11.2. The number of anilines is 1. The third-order valence-corrected chi connectivity index (χ3v) is 3.21. The van der Waals surface area contributed by atoms with Crippen LogP contribution in [0.15, 0.2) is 35.5 Å². The maximum Gasteiger partial charge on any atom is 0.140 e. The Morgan fingerprint density at radius 3 is 2.39 bits per heavy atom. The van der Waals surface area contributed by atoms with Crippen LogP contribution in [0.25, 0.3) is 0 Å². The van der Waals surface area contributed by atoms with E-state index in [9.17, 15) is 0 Å². The van der Waals surface area contributed by atoms with Crippen LogP contribution in [0, 0.1) is 0 Å². The van der Waals surface area contributed by atoms with Crippen molar-refractivity contribution < 1.29 is 5.21 Å². The van der Waals surface area contributed by atoms with Crippen LogP contribution in [0.2, 0.25) is 0 Å². The highest BCUT2D eigenvalue weighted by Gasteiger charge is 2.15. The molecule has 4 heteroatoms. The van der Waals surface area contributed by atoms with Crippen molar-refractivity contribution in [3.05, 3.63) is 30.3 Å². The molecule has 1 aromatic rings. The van der Waals surface area contributed by atoms with Gasteiger partial charge in [0, 0.05) is 24.7 Å². The third-order valence-electron chi connectivity index (χ3n) is 3.21. The zero-order valence-corrected chi connectivity index (χ0v) is 11.2. The molecule has 0 bridgehead atoms. The number of hydrogen-bond donors (Lipinski definition) is 2. The standard InChI is InChI=1S/C14H23N3O/c1-3-12(4-2)17(11-10-14(15)16-18)13-8-6-5-7-9-13/h5-9,12,18H,3-4,10-11H2,1-2H3,(H2,15,16). The summed E-state index contributed by atoms with van der Waals surface area (Å²) in [5.74, 6) is 0.280. The Labute approximate surface area is 109 Å². The number of oxime groups is 1. The van der Waals surface area contributed by atoms with Gasteiger partial charge < -0.3 is 15.8 Å². The van der Waals surface area contributed by atoms with Gasteiger partial charge in [0.15, 0.2) is 0 Å². The molecule has 1 aromatic carbocycles. The van der Waals surface area contributed by atoms with E-state index in [0.717, 1.165) is 19.4 Å². The van der Waals surface area contributed by atoms with Crippen molar-refractivity contribution in [1.29, 1.82) is 0 Å². The molecule has 0 saturated heterocycles. The molecule has 0 unspecified atom stereocenters. The molecule has 1 rings (SSSR count).